The van der Waals surface area contributed by atoms with Gasteiger partial charge >= 0.3 is 0 Å². The summed E-state index contributed by atoms with van der Waals surface area (Å²) in [6, 6.07) is 0. The standard InChI is InChI=1S/C12H21N5O/c1-9-10(2)15-16-12(9)14-11(18)8-17-6-3-4-13-5-7-17/h13H,3-8H2,1-2H3,(H2,14,15,16,18). The molecule has 1 saturated heterocycles. The molecule has 100 valence electrons. The van der Waals surface area contributed by atoms with Crippen LogP contribution >= 0.6 is 0 Å². The van der Waals surface area contributed by atoms with Gasteiger partial charge in [-0.15, -0.1) is 0 Å². The molecule has 2 heterocycles. The fraction of sp³-hybridized carbons (Fsp3) is 0.667. The highest BCUT2D eigenvalue weighted by atomic mass is 16.2. The Kier molecular flexibility index (Phi) is 4.33. The lowest BCUT2D eigenvalue weighted by Crippen LogP contribution is -2.35. The first-order valence-corrected chi connectivity index (χ1v) is 6.41. The largest absolute Gasteiger partial charge is 0.315 e. The Hall–Kier alpha value is -1.40. The van der Waals surface area contributed by atoms with Crippen LogP contribution in [0.5, 0.6) is 0 Å². The molecular weight excluding hydrogens is 230 g/mol. The van der Waals surface area contributed by atoms with Crippen LogP contribution in [0.25, 0.3) is 0 Å². The molecule has 0 aromatic carbocycles. The summed E-state index contributed by atoms with van der Waals surface area (Å²) in [6.07, 6.45) is 1.09. The molecule has 6 heteroatoms. The average molecular weight is 251 g/mol. The molecule has 0 spiro atoms. The Bertz CT molecular complexity index is 407. The number of H-pyrrole nitrogens is 1. The van der Waals surface area contributed by atoms with Gasteiger partial charge in [0.25, 0.3) is 0 Å². The molecule has 0 bridgehead atoms. The number of nitrogens with zero attached hydrogens (tertiary/aromatic N) is 2. The fourth-order valence-corrected chi connectivity index (χ4v) is 2.04. The second-order valence-corrected chi connectivity index (χ2v) is 4.75. The van der Waals surface area contributed by atoms with Crippen LogP contribution in [0.3, 0.4) is 0 Å². The molecule has 1 aliphatic rings. The van der Waals surface area contributed by atoms with Crippen LogP contribution in [0.2, 0.25) is 0 Å². The Morgan fingerprint density at radius 1 is 1.39 bits per heavy atom. The van der Waals surface area contributed by atoms with E-state index in [1.165, 1.54) is 0 Å². The number of amides is 1. The van der Waals surface area contributed by atoms with Gasteiger partial charge in [0, 0.05) is 24.3 Å². The Balaban J connectivity index is 1.86. The highest BCUT2D eigenvalue weighted by molar-refractivity contribution is 5.92. The lowest BCUT2D eigenvalue weighted by molar-refractivity contribution is -0.117. The van der Waals surface area contributed by atoms with Crippen molar-refractivity contribution in [1.29, 1.82) is 0 Å². The average Bonchev–Trinajstić information content (AvgIpc) is 2.60. The molecular formula is C12H21N5O. The van der Waals surface area contributed by atoms with Crippen LogP contribution < -0.4 is 10.6 Å². The number of carbonyl (C=O) groups excluding carboxylic acids is 1. The molecule has 1 aliphatic heterocycles. The molecule has 6 nitrogen and oxygen atoms in total. The molecule has 1 amide bonds. The molecule has 3 N–H and O–H groups in total. The minimum atomic E-state index is 0.00602. The predicted molar refractivity (Wildman–Crippen MR) is 70.6 cm³/mol. The number of anilines is 1. The van der Waals surface area contributed by atoms with Gasteiger partial charge in [-0.05, 0) is 33.4 Å². The molecule has 0 radical (unpaired) electrons. The van der Waals surface area contributed by atoms with E-state index in [4.69, 9.17) is 0 Å². The predicted octanol–water partition coefficient (Wildman–Crippen LogP) is 0.260. The Labute approximate surface area is 107 Å². The summed E-state index contributed by atoms with van der Waals surface area (Å²) in [7, 11) is 0. The van der Waals surface area contributed by atoms with Crippen molar-refractivity contribution in [3.8, 4) is 0 Å². The van der Waals surface area contributed by atoms with Crippen molar-refractivity contribution in [1.82, 2.24) is 20.4 Å². The topological polar surface area (TPSA) is 73.0 Å². The zero-order valence-corrected chi connectivity index (χ0v) is 11.0. The van der Waals surface area contributed by atoms with E-state index in [0.717, 1.165) is 43.9 Å². The SMILES string of the molecule is Cc1[nH]nc(NC(=O)CN2CCCNCC2)c1C. The normalized spacial score (nSPS) is 17.4. The zero-order chi connectivity index (χ0) is 13.0. The molecule has 1 fully saturated rings. The third-order valence-corrected chi connectivity index (χ3v) is 3.31. The third-order valence-electron chi connectivity index (χ3n) is 3.31. The van der Waals surface area contributed by atoms with E-state index >= 15 is 0 Å². The van der Waals surface area contributed by atoms with Crippen molar-refractivity contribution >= 4 is 11.7 Å². The first kappa shape index (κ1) is 13.0. The molecule has 0 atom stereocenters. The molecule has 18 heavy (non-hydrogen) atoms. The maximum atomic E-state index is 11.9. The van der Waals surface area contributed by atoms with E-state index in [-0.39, 0.29) is 5.91 Å². The monoisotopic (exact) mass is 251 g/mol. The zero-order valence-electron chi connectivity index (χ0n) is 11.0. The van der Waals surface area contributed by atoms with Gasteiger partial charge in [0.05, 0.1) is 6.54 Å². The Morgan fingerprint density at radius 3 is 2.94 bits per heavy atom. The van der Waals surface area contributed by atoms with E-state index in [9.17, 15) is 4.79 Å². The van der Waals surface area contributed by atoms with Crippen LogP contribution in [0.15, 0.2) is 0 Å². The lowest BCUT2D eigenvalue weighted by atomic mass is 10.3. The molecule has 2 rings (SSSR count). The fourth-order valence-electron chi connectivity index (χ4n) is 2.04. The number of nitrogens with one attached hydrogen (secondary N) is 3. The third kappa shape index (κ3) is 3.30. The minimum absolute atomic E-state index is 0.00602. The maximum absolute atomic E-state index is 11.9. The van der Waals surface area contributed by atoms with Crippen LogP contribution in [-0.4, -0.2) is 53.7 Å². The first-order chi connectivity index (χ1) is 8.66. The number of hydrogen-bond donors (Lipinski definition) is 3. The number of aromatic nitrogens is 2. The van der Waals surface area contributed by atoms with Crippen LogP contribution in [0, 0.1) is 13.8 Å². The van der Waals surface area contributed by atoms with E-state index in [0.29, 0.717) is 12.4 Å². The van der Waals surface area contributed by atoms with Gasteiger partial charge in [-0.1, -0.05) is 0 Å². The highest BCUT2D eigenvalue weighted by Crippen LogP contribution is 2.13. The van der Waals surface area contributed by atoms with Gasteiger partial charge in [-0.3, -0.25) is 14.8 Å². The van der Waals surface area contributed by atoms with Gasteiger partial charge in [0.2, 0.25) is 5.91 Å². The summed E-state index contributed by atoms with van der Waals surface area (Å²) in [5.41, 5.74) is 1.99. The lowest BCUT2D eigenvalue weighted by Gasteiger charge is -2.18. The van der Waals surface area contributed by atoms with Crippen molar-refractivity contribution in [2.75, 3.05) is 38.0 Å². The second-order valence-electron chi connectivity index (χ2n) is 4.75. The summed E-state index contributed by atoms with van der Waals surface area (Å²) in [4.78, 5) is 14.1. The second kappa shape index (κ2) is 5.97. The first-order valence-electron chi connectivity index (χ1n) is 6.41. The summed E-state index contributed by atoms with van der Waals surface area (Å²) < 4.78 is 0. The molecule has 0 saturated carbocycles. The van der Waals surface area contributed by atoms with Gasteiger partial charge in [-0.2, -0.15) is 5.10 Å². The quantitative estimate of drug-likeness (QED) is 0.720. The summed E-state index contributed by atoms with van der Waals surface area (Å²) in [6.45, 7) is 8.21. The number of rotatable bonds is 3. The van der Waals surface area contributed by atoms with Crippen molar-refractivity contribution in [3.05, 3.63) is 11.3 Å². The number of aryl methyl sites for hydroxylation is 1. The number of hydrogen-bond acceptors (Lipinski definition) is 4. The van der Waals surface area contributed by atoms with Crippen molar-refractivity contribution in [2.45, 2.75) is 20.3 Å². The van der Waals surface area contributed by atoms with Crippen LogP contribution in [0.1, 0.15) is 17.7 Å². The summed E-state index contributed by atoms with van der Waals surface area (Å²) in [5.74, 6) is 0.650. The van der Waals surface area contributed by atoms with Crippen LogP contribution in [0.4, 0.5) is 5.82 Å². The van der Waals surface area contributed by atoms with Crippen molar-refractivity contribution in [3.63, 3.8) is 0 Å². The molecule has 1 aromatic rings. The van der Waals surface area contributed by atoms with Gasteiger partial charge < -0.3 is 10.6 Å². The van der Waals surface area contributed by atoms with E-state index < -0.39 is 0 Å². The van der Waals surface area contributed by atoms with E-state index in [1.54, 1.807) is 0 Å². The van der Waals surface area contributed by atoms with Gasteiger partial charge in [0.1, 0.15) is 0 Å². The smallest absolute Gasteiger partial charge is 0.239 e. The highest BCUT2D eigenvalue weighted by Gasteiger charge is 2.14. The van der Waals surface area contributed by atoms with Gasteiger partial charge in [0.15, 0.2) is 5.82 Å². The number of aromatic amines is 1. The minimum Gasteiger partial charge on any atom is -0.315 e. The van der Waals surface area contributed by atoms with Crippen molar-refractivity contribution in [2.24, 2.45) is 0 Å². The van der Waals surface area contributed by atoms with Crippen molar-refractivity contribution < 1.29 is 4.79 Å². The van der Waals surface area contributed by atoms with Gasteiger partial charge in [-0.25, -0.2) is 0 Å². The summed E-state index contributed by atoms with van der Waals surface area (Å²) in [5, 5.41) is 13.1. The van der Waals surface area contributed by atoms with Crippen LogP contribution in [-0.2, 0) is 4.79 Å². The molecule has 1 aromatic heterocycles. The van der Waals surface area contributed by atoms with E-state index in [2.05, 4.69) is 25.7 Å². The maximum Gasteiger partial charge on any atom is 0.239 e. The Morgan fingerprint density at radius 2 is 2.22 bits per heavy atom. The van der Waals surface area contributed by atoms with E-state index in [1.807, 2.05) is 13.8 Å². The number of carbonyl (C=O) groups is 1. The molecule has 0 aliphatic carbocycles. The molecule has 0 unspecified atom stereocenters. The summed E-state index contributed by atoms with van der Waals surface area (Å²) >= 11 is 0.